The summed E-state index contributed by atoms with van der Waals surface area (Å²) in [4.78, 5) is 14.6. The molecule has 4 nitrogen and oxygen atoms in total. The first-order valence-corrected chi connectivity index (χ1v) is 8.21. The number of ether oxygens (including phenoxy) is 1. The summed E-state index contributed by atoms with van der Waals surface area (Å²) in [7, 11) is 1.77. The number of likely N-dealkylation sites (tertiary alicyclic amines) is 1. The van der Waals surface area contributed by atoms with Crippen LogP contribution in [0.4, 0.5) is 0 Å². The number of hydrogen-bond acceptors (Lipinski definition) is 3. The van der Waals surface area contributed by atoms with Crippen molar-refractivity contribution >= 4 is 5.91 Å². The third kappa shape index (κ3) is 4.55. The van der Waals surface area contributed by atoms with Crippen LogP contribution in [-0.4, -0.2) is 49.7 Å². The third-order valence-corrected chi connectivity index (χ3v) is 4.69. The molecule has 1 aliphatic rings. The third-order valence-electron chi connectivity index (χ3n) is 4.69. The summed E-state index contributed by atoms with van der Waals surface area (Å²) in [5.41, 5.74) is 1.26. The van der Waals surface area contributed by atoms with Crippen LogP contribution in [0.15, 0.2) is 30.3 Å². The van der Waals surface area contributed by atoms with Crippen LogP contribution in [0.2, 0.25) is 0 Å². The highest BCUT2D eigenvalue weighted by atomic mass is 16.5. The van der Waals surface area contributed by atoms with Crippen molar-refractivity contribution in [2.24, 2.45) is 0 Å². The fraction of sp³-hybridized carbons (Fsp3) is 0.611. The Labute approximate surface area is 133 Å². The monoisotopic (exact) mass is 304 g/mol. The lowest BCUT2D eigenvalue weighted by molar-refractivity contribution is -0.126. The van der Waals surface area contributed by atoms with Crippen LogP contribution < -0.4 is 5.32 Å². The van der Waals surface area contributed by atoms with Crippen LogP contribution >= 0.6 is 0 Å². The van der Waals surface area contributed by atoms with Crippen molar-refractivity contribution < 1.29 is 9.53 Å². The molecule has 1 amide bonds. The first-order valence-electron chi connectivity index (χ1n) is 8.21. The summed E-state index contributed by atoms with van der Waals surface area (Å²) in [6, 6.07) is 10.2. The van der Waals surface area contributed by atoms with Crippen molar-refractivity contribution in [2.45, 2.75) is 44.8 Å². The van der Waals surface area contributed by atoms with Crippen LogP contribution in [0.3, 0.4) is 0 Å². The molecule has 2 unspecified atom stereocenters. The van der Waals surface area contributed by atoms with Gasteiger partial charge in [0.05, 0.1) is 12.1 Å². The molecule has 1 aromatic carbocycles. The molecule has 0 spiro atoms. The second-order valence-electron chi connectivity index (χ2n) is 6.20. The zero-order valence-electron chi connectivity index (χ0n) is 13.9. The van der Waals surface area contributed by atoms with E-state index in [1.54, 1.807) is 7.11 Å². The molecule has 22 heavy (non-hydrogen) atoms. The van der Waals surface area contributed by atoms with E-state index in [9.17, 15) is 4.79 Å². The highest BCUT2D eigenvalue weighted by Crippen LogP contribution is 2.16. The Kier molecular flexibility index (Phi) is 6.40. The second kappa shape index (κ2) is 8.30. The number of carbonyl (C=O) groups excluding carboxylic acids is 1. The SMILES string of the molecule is COC1CCN(C(C)C(=O)NCC(C)c2ccccc2)CC1. The minimum Gasteiger partial charge on any atom is -0.381 e. The predicted molar refractivity (Wildman–Crippen MR) is 88.9 cm³/mol. The van der Waals surface area contributed by atoms with Gasteiger partial charge < -0.3 is 10.1 Å². The molecule has 0 radical (unpaired) electrons. The van der Waals surface area contributed by atoms with Crippen molar-refractivity contribution in [3.8, 4) is 0 Å². The number of nitrogens with one attached hydrogen (secondary N) is 1. The van der Waals surface area contributed by atoms with E-state index in [1.807, 2.05) is 25.1 Å². The molecule has 2 atom stereocenters. The molecule has 122 valence electrons. The number of piperidine rings is 1. The Bertz CT molecular complexity index is 455. The molecule has 1 saturated heterocycles. The van der Waals surface area contributed by atoms with E-state index in [1.165, 1.54) is 5.56 Å². The lowest BCUT2D eigenvalue weighted by Gasteiger charge is -2.34. The Morgan fingerprint density at radius 1 is 1.27 bits per heavy atom. The fourth-order valence-electron chi connectivity index (χ4n) is 2.97. The van der Waals surface area contributed by atoms with E-state index in [4.69, 9.17) is 4.74 Å². The molecular formula is C18H28N2O2. The highest BCUT2D eigenvalue weighted by Gasteiger charge is 2.26. The quantitative estimate of drug-likeness (QED) is 0.877. The Balaban J connectivity index is 1.77. The average Bonchev–Trinajstić information content (AvgIpc) is 2.59. The van der Waals surface area contributed by atoms with Crippen molar-refractivity contribution in [2.75, 3.05) is 26.7 Å². The van der Waals surface area contributed by atoms with Gasteiger partial charge in [-0.2, -0.15) is 0 Å². The summed E-state index contributed by atoms with van der Waals surface area (Å²) in [6.45, 7) is 6.68. The van der Waals surface area contributed by atoms with Gasteiger partial charge in [0.15, 0.2) is 0 Å². The summed E-state index contributed by atoms with van der Waals surface area (Å²) < 4.78 is 5.38. The Morgan fingerprint density at radius 2 is 1.91 bits per heavy atom. The number of nitrogens with zero attached hydrogens (tertiary/aromatic N) is 1. The van der Waals surface area contributed by atoms with Crippen molar-refractivity contribution in [1.82, 2.24) is 10.2 Å². The van der Waals surface area contributed by atoms with Gasteiger partial charge in [0.1, 0.15) is 0 Å². The van der Waals surface area contributed by atoms with E-state index >= 15 is 0 Å². The number of methoxy groups -OCH3 is 1. The van der Waals surface area contributed by atoms with E-state index in [-0.39, 0.29) is 11.9 Å². The topological polar surface area (TPSA) is 41.6 Å². The zero-order valence-corrected chi connectivity index (χ0v) is 13.9. The highest BCUT2D eigenvalue weighted by molar-refractivity contribution is 5.81. The maximum atomic E-state index is 12.3. The minimum absolute atomic E-state index is 0.0687. The number of benzene rings is 1. The summed E-state index contributed by atoms with van der Waals surface area (Å²) in [5.74, 6) is 0.454. The lowest BCUT2D eigenvalue weighted by Crippen LogP contribution is -2.49. The number of amides is 1. The Morgan fingerprint density at radius 3 is 2.50 bits per heavy atom. The molecule has 0 bridgehead atoms. The van der Waals surface area contributed by atoms with Crippen LogP contribution in [0.25, 0.3) is 0 Å². The molecule has 0 aliphatic carbocycles. The first-order chi connectivity index (χ1) is 10.6. The standard InChI is InChI=1S/C18H28N2O2/c1-14(16-7-5-4-6-8-16)13-19-18(21)15(2)20-11-9-17(22-3)10-12-20/h4-8,14-15,17H,9-13H2,1-3H3,(H,19,21). The normalized spacial score (nSPS) is 19.6. The van der Waals surface area contributed by atoms with Crippen molar-refractivity contribution in [1.29, 1.82) is 0 Å². The first kappa shape index (κ1) is 17.0. The summed E-state index contributed by atoms with van der Waals surface area (Å²) in [6.07, 6.45) is 2.37. The van der Waals surface area contributed by atoms with E-state index in [2.05, 4.69) is 29.3 Å². The van der Waals surface area contributed by atoms with E-state index < -0.39 is 0 Å². The molecule has 1 heterocycles. The van der Waals surface area contributed by atoms with Crippen molar-refractivity contribution in [3.63, 3.8) is 0 Å². The zero-order chi connectivity index (χ0) is 15.9. The molecule has 1 aromatic rings. The smallest absolute Gasteiger partial charge is 0.237 e. The van der Waals surface area contributed by atoms with Gasteiger partial charge in [0.2, 0.25) is 5.91 Å². The van der Waals surface area contributed by atoms with Gasteiger partial charge in [-0.15, -0.1) is 0 Å². The molecule has 1 aliphatic heterocycles. The molecule has 4 heteroatoms. The molecule has 1 fully saturated rings. The van der Waals surface area contributed by atoms with E-state index in [0.717, 1.165) is 25.9 Å². The van der Waals surface area contributed by atoms with Gasteiger partial charge in [-0.05, 0) is 31.2 Å². The molecule has 2 rings (SSSR count). The number of carbonyl (C=O) groups is 1. The fourth-order valence-corrected chi connectivity index (χ4v) is 2.97. The van der Waals surface area contributed by atoms with Gasteiger partial charge in [0, 0.05) is 26.7 Å². The van der Waals surface area contributed by atoms with Gasteiger partial charge in [-0.1, -0.05) is 37.3 Å². The maximum absolute atomic E-state index is 12.3. The van der Waals surface area contributed by atoms with Crippen LogP contribution in [0.5, 0.6) is 0 Å². The van der Waals surface area contributed by atoms with Crippen molar-refractivity contribution in [3.05, 3.63) is 35.9 Å². The van der Waals surface area contributed by atoms with Gasteiger partial charge in [-0.25, -0.2) is 0 Å². The summed E-state index contributed by atoms with van der Waals surface area (Å²) in [5, 5.41) is 3.09. The van der Waals surface area contributed by atoms with Crippen LogP contribution in [0, 0.1) is 0 Å². The van der Waals surface area contributed by atoms with Crippen LogP contribution in [0.1, 0.15) is 38.2 Å². The number of rotatable bonds is 6. The predicted octanol–water partition coefficient (Wildman–Crippen LogP) is 2.41. The lowest BCUT2D eigenvalue weighted by atomic mass is 10.0. The van der Waals surface area contributed by atoms with Gasteiger partial charge in [0.25, 0.3) is 0 Å². The number of hydrogen-bond donors (Lipinski definition) is 1. The second-order valence-corrected chi connectivity index (χ2v) is 6.20. The van der Waals surface area contributed by atoms with E-state index in [0.29, 0.717) is 18.6 Å². The average molecular weight is 304 g/mol. The van der Waals surface area contributed by atoms with Crippen LogP contribution in [-0.2, 0) is 9.53 Å². The Hall–Kier alpha value is -1.39. The maximum Gasteiger partial charge on any atom is 0.237 e. The minimum atomic E-state index is -0.0687. The van der Waals surface area contributed by atoms with Gasteiger partial charge in [-0.3, -0.25) is 9.69 Å². The molecular weight excluding hydrogens is 276 g/mol. The molecule has 1 N–H and O–H groups in total. The largest absolute Gasteiger partial charge is 0.381 e. The molecule has 0 aromatic heterocycles. The summed E-state index contributed by atoms with van der Waals surface area (Å²) >= 11 is 0. The molecule has 0 saturated carbocycles. The van der Waals surface area contributed by atoms with Gasteiger partial charge >= 0.3 is 0 Å².